The molecule has 1 rings (SSSR count). The maximum atomic E-state index is 11.6. The summed E-state index contributed by atoms with van der Waals surface area (Å²) >= 11 is 0. The highest BCUT2D eigenvalue weighted by atomic mass is 16.1. The van der Waals surface area contributed by atoms with Gasteiger partial charge in [0.15, 0.2) is 0 Å². The van der Waals surface area contributed by atoms with Gasteiger partial charge in [-0.2, -0.15) is 0 Å². The van der Waals surface area contributed by atoms with Crippen LogP contribution in [0.3, 0.4) is 0 Å². The van der Waals surface area contributed by atoms with Crippen LogP contribution in [0, 0.1) is 0 Å². The number of hydrogen-bond acceptors (Lipinski definition) is 3. The predicted molar refractivity (Wildman–Crippen MR) is 61.8 cm³/mol. The molecule has 0 aromatic carbocycles. The Hall–Kier alpha value is -0.610. The Morgan fingerprint density at radius 2 is 2.27 bits per heavy atom. The van der Waals surface area contributed by atoms with Crippen molar-refractivity contribution in [2.45, 2.75) is 38.3 Å². The van der Waals surface area contributed by atoms with Crippen molar-refractivity contribution in [3.63, 3.8) is 0 Å². The van der Waals surface area contributed by atoms with E-state index in [1.54, 1.807) is 0 Å². The molecule has 2 atom stereocenters. The van der Waals surface area contributed by atoms with Crippen molar-refractivity contribution >= 4 is 5.91 Å². The van der Waals surface area contributed by atoms with Gasteiger partial charge in [-0.05, 0) is 40.4 Å². The zero-order valence-electron chi connectivity index (χ0n) is 10.0. The summed E-state index contributed by atoms with van der Waals surface area (Å²) < 4.78 is 0. The molecule has 1 aliphatic rings. The third kappa shape index (κ3) is 4.62. The highest BCUT2D eigenvalue weighted by molar-refractivity contribution is 5.76. The van der Waals surface area contributed by atoms with Crippen molar-refractivity contribution in [3.05, 3.63) is 0 Å². The van der Waals surface area contributed by atoms with Gasteiger partial charge in [-0.1, -0.05) is 0 Å². The highest BCUT2D eigenvalue weighted by Gasteiger charge is 2.21. The largest absolute Gasteiger partial charge is 0.352 e. The molecule has 4 heteroatoms. The fourth-order valence-corrected chi connectivity index (χ4v) is 1.85. The molecule has 4 nitrogen and oxygen atoms in total. The highest BCUT2D eigenvalue weighted by Crippen LogP contribution is 2.08. The second-order valence-corrected chi connectivity index (χ2v) is 4.61. The molecular weight excluding hydrogens is 190 g/mol. The van der Waals surface area contributed by atoms with Crippen molar-refractivity contribution in [2.24, 2.45) is 0 Å². The van der Waals surface area contributed by atoms with E-state index in [2.05, 4.69) is 17.6 Å². The predicted octanol–water partition coefficient (Wildman–Crippen LogP) is 0.195. The Bertz CT molecular complexity index is 206. The molecular formula is C11H23N3O. The molecule has 0 radical (unpaired) electrons. The van der Waals surface area contributed by atoms with Crippen molar-refractivity contribution in [1.82, 2.24) is 15.5 Å². The summed E-state index contributed by atoms with van der Waals surface area (Å²) in [6.45, 7) is 4.03. The molecule has 15 heavy (non-hydrogen) atoms. The van der Waals surface area contributed by atoms with Gasteiger partial charge in [-0.3, -0.25) is 4.79 Å². The molecule has 2 N–H and O–H groups in total. The number of carbonyl (C=O) groups is 1. The van der Waals surface area contributed by atoms with Crippen LogP contribution in [0.4, 0.5) is 0 Å². The summed E-state index contributed by atoms with van der Waals surface area (Å²) in [5, 5.41) is 6.47. The van der Waals surface area contributed by atoms with Crippen LogP contribution in [0.25, 0.3) is 0 Å². The molecule has 1 saturated heterocycles. The molecule has 1 heterocycles. The molecule has 0 aliphatic carbocycles. The number of nitrogens with zero attached hydrogens (tertiary/aromatic N) is 1. The summed E-state index contributed by atoms with van der Waals surface area (Å²) in [6, 6.07) is 0.718. The lowest BCUT2D eigenvalue weighted by Gasteiger charge is -2.30. The van der Waals surface area contributed by atoms with Gasteiger partial charge >= 0.3 is 0 Å². The van der Waals surface area contributed by atoms with E-state index in [0.29, 0.717) is 18.5 Å². The first-order chi connectivity index (χ1) is 7.09. The molecule has 88 valence electrons. The van der Waals surface area contributed by atoms with E-state index >= 15 is 0 Å². The van der Waals surface area contributed by atoms with Gasteiger partial charge in [-0.25, -0.2) is 0 Å². The molecule has 0 saturated carbocycles. The fourth-order valence-electron chi connectivity index (χ4n) is 1.85. The topological polar surface area (TPSA) is 44.4 Å². The first kappa shape index (κ1) is 12.5. The molecule has 2 unspecified atom stereocenters. The second-order valence-electron chi connectivity index (χ2n) is 4.61. The molecule has 0 aromatic heterocycles. The van der Waals surface area contributed by atoms with Crippen molar-refractivity contribution < 1.29 is 4.79 Å². The van der Waals surface area contributed by atoms with Crippen molar-refractivity contribution in [2.75, 3.05) is 27.2 Å². The lowest BCUT2D eigenvalue weighted by Crippen LogP contribution is -2.52. The number of hydrogen-bond donors (Lipinski definition) is 2. The standard InChI is InChI=1S/C11H23N3O/c1-9-10(5-4-7-12-9)13-11(15)6-8-14(2)3/h9-10,12H,4-8H2,1-3H3,(H,13,15). The van der Waals surface area contributed by atoms with Gasteiger partial charge in [0, 0.05) is 25.0 Å². The quantitative estimate of drug-likeness (QED) is 0.701. The van der Waals surface area contributed by atoms with E-state index < -0.39 is 0 Å². The maximum Gasteiger partial charge on any atom is 0.221 e. The van der Waals surface area contributed by atoms with Crippen LogP contribution in [0.5, 0.6) is 0 Å². The van der Waals surface area contributed by atoms with E-state index in [-0.39, 0.29) is 5.91 Å². The molecule has 0 spiro atoms. The zero-order valence-corrected chi connectivity index (χ0v) is 10.0. The van der Waals surface area contributed by atoms with Crippen molar-refractivity contribution in [1.29, 1.82) is 0 Å². The van der Waals surface area contributed by atoms with Gasteiger partial charge in [0.05, 0.1) is 0 Å². The van der Waals surface area contributed by atoms with Crippen LogP contribution >= 0.6 is 0 Å². The molecule has 1 fully saturated rings. The summed E-state index contributed by atoms with van der Waals surface area (Å²) in [6.07, 6.45) is 2.85. The molecule has 0 bridgehead atoms. The summed E-state index contributed by atoms with van der Waals surface area (Å²) in [4.78, 5) is 13.6. The summed E-state index contributed by atoms with van der Waals surface area (Å²) in [7, 11) is 3.97. The van der Waals surface area contributed by atoms with E-state index in [4.69, 9.17) is 0 Å². The van der Waals surface area contributed by atoms with Crippen LogP contribution in [0.2, 0.25) is 0 Å². The van der Waals surface area contributed by atoms with Gasteiger partial charge in [-0.15, -0.1) is 0 Å². The van der Waals surface area contributed by atoms with Crippen LogP contribution < -0.4 is 10.6 Å². The van der Waals surface area contributed by atoms with Gasteiger partial charge in [0.1, 0.15) is 0 Å². The monoisotopic (exact) mass is 213 g/mol. The SMILES string of the molecule is CC1NCCCC1NC(=O)CCN(C)C. The minimum Gasteiger partial charge on any atom is -0.352 e. The van der Waals surface area contributed by atoms with E-state index in [1.807, 2.05) is 19.0 Å². The fraction of sp³-hybridized carbons (Fsp3) is 0.909. The van der Waals surface area contributed by atoms with E-state index in [9.17, 15) is 4.79 Å². The Kier molecular flexibility index (Phi) is 5.05. The smallest absolute Gasteiger partial charge is 0.221 e. The number of nitrogens with one attached hydrogen (secondary N) is 2. The summed E-state index contributed by atoms with van der Waals surface area (Å²) in [5.41, 5.74) is 0. The van der Waals surface area contributed by atoms with Gasteiger partial charge < -0.3 is 15.5 Å². The Morgan fingerprint density at radius 3 is 2.87 bits per heavy atom. The normalized spacial score (nSPS) is 26.7. The van der Waals surface area contributed by atoms with Crippen LogP contribution in [-0.2, 0) is 4.79 Å². The third-order valence-electron chi connectivity index (χ3n) is 2.89. The molecule has 0 aromatic rings. The Labute approximate surface area is 92.4 Å². The zero-order chi connectivity index (χ0) is 11.3. The average molecular weight is 213 g/mol. The summed E-state index contributed by atoms with van der Waals surface area (Å²) in [5.74, 6) is 0.171. The number of carbonyl (C=O) groups excluding carboxylic acids is 1. The minimum atomic E-state index is 0.171. The van der Waals surface area contributed by atoms with Gasteiger partial charge in [0.25, 0.3) is 0 Å². The Balaban J connectivity index is 2.24. The first-order valence-electron chi connectivity index (χ1n) is 5.77. The average Bonchev–Trinajstić information content (AvgIpc) is 2.18. The molecule has 1 amide bonds. The van der Waals surface area contributed by atoms with Crippen LogP contribution in [-0.4, -0.2) is 50.1 Å². The second kappa shape index (κ2) is 6.08. The minimum absolute atomic E-state index is 0.171. The lowest BCUT2D eigenvalue weighted by molar-refractivity contribution is -0.122. The molecule has 1 aliphatic heterocycles. The van der Waals surface area contributed by atoms with E-state index in [1.165, 1.54) is 0 Å². The van der Waals surface area contributed by atoms with Crippen molar-refractivity contribution in [3.8, 4) is 0 Å². The number of amides is 1. The van der Waals surface area contributed by atoms with Gasteiger partial charge in [0.2, 0.25) is 5.91 Å². The maximum absolute atomic E-state index is 11.6. The van der Waals surface area contributed by atoms with Crippen LogP contribution in [0.1, 0.15) is 26.2 Å². The number of rotatable bonds is 4. The Morgan fingerprint density at radius 1 is 1.53 bits per heavy atom. The third-order valence-corrected chi connectivity index (χ3v) is 2.89. The van der Waals surface area contributed by atoms with Crippen LogP contribution in [0.15, 0.2) is 0 Å². The van der Waals surface area contributed by atoms with E-state index in [0.717, 1.165) is 25.9 Å². The number of piperidine rings is 1. The lowest BCUT2D eigenvalue weighted by atomic mass is 10.00. The first-order valence-corrected chi connectivity index (χ1v) is 5.77.